The number of carbonyl (C=O) groups excluding carboxylic acids is 2. The number of hydrogen-bond donors (Lipinski definition) is 2. The maximum Gasteiger partial charge on any atom is 0.310 e. The molecule has 1 saturated carbocycles. The van der Waals surface area contributed by atoms with Crippen LogP contribution in [0.15, 0.2) is 0 Å². The van der Waals surface area contributed by atoms with Gasteiger partial charge in [-0.1, -0.05) is 19.8 Å². The summed E-state index contributed by atoms with van der Waals surface area (Å²) in [6.07, 6.45) is 3.68. The number of amides is 1. The molecule has 0 aromatic heterocycles. The molecule has 116 valence electrons. The van der Waals surface area contributed by atoms with Crippen molar-refractivity contribution in [3.05, 3.63) is 0 Å². The van der Waals surface area contributed by atoms with Gasteiger partial charge in [0.1, 0.15) is 0 Å². The van der Waals surface area contributed by atoms with Crippen LogP contribution >= 0.6 is 0 Å². The third kappa shape index (κ3) is 4.78. The summed E-state index contributed by atoms with van der Waals surface area (Å²) in [6, 6.07) is 0. The molecule has 0 bridgehead atoms. The van der Waals surface area contributed by atoms with Gasteiger partial charge in [-0.25, -0.2) is 0 Å². The Morgan fingerprint density at radius 1 is 1.35 bits per heavy atom. The van der Waals surface area contributed by atoms with Crippen molar-refractivity contribution in [3.63, 3.8) is 0 Å². The second-order valence-corrected chi connectivity index (χ2v) is 6.44. The van der Waals surface area contributed by atoms with Gasteiger partial charge in [0, 0.05) is 12.1 Å². The molecule has 1 aliphatic carbocycles. The minimum atomic E-state index is -0.440. The monoisotopic (exact) mass is 284 g/mol. The molecule has 0 aliphatic heterocycles. The highest BCUT2D eigenvalue weighted by Crippen LogP contribution is 2.31. The molecule has 5 nitrogen and oxygen atoms in total. The quantitative estimate of drug-likeness (QED) is 0.751. The molecule has 20 heavy (non-hydrogen) atoms. The summed E-state index contributed by atoms with van der Waals surface area (Å²) in [5.41, 5.74) is 5.76. The molecule has 0 radical (unpaired) electrons. The van der Waals surface area contributed by atoms with Gasteiger partial charge in [-0.05, 0) is 33.6 Å². The van der Waals surface area contributed by atoms with Gasteiger partial charge in [0.15, 0.2) is 0 Å². The van der Waals surface area contributed by atoms with E-state index in [1.54, 1.807) is 6.92 Å². The van der Waals surface area contributed by atoms with Crippen LogP contribution < -0.4 is 11.1 Å². The predicted molar refractivity (Wildman–Crippen MR) is 78.0 cm³/mol. The summed E-state index contributed by atoms with van der Waals surface area (Å²) < 4.78 is 5.12. The Morgan fingerprint density at radius 3 is 2.55 bits per heavy atom. The van der Waals surface area contributed by atoms with Crippen LogP contribution in [-0.2, 0) is 14.3 Å². The summed E-state index contributed by atoms with van der Waals surface area (Å²) in [7, 11) is 0. The van der Waals surface area contributed by atoms with E-state index in [0.717, 1.165) is 25.7 Å². The fraction of sp³-hybridized carbons (Fsp3) is 0.867. The van der Waals surface area contributed by atoms with E-state index < -0.39 is 5.54 Å². The number of rotatable bonds is 5. The van der Waals surface area contributed by atoms with Crippen molar-refractivity contribution in [2.24, 2.45) is 17.6 Å². The standard InChI is InChI=1S/C15H28N2O3/c1-10(2)20-14(19)11(3)9-17-13(18)12-7-5-6-8-15(12,4)16/h10-12H,5-9,16H2,1-4H3,(H,17,18). The first kappa shape index (κ1) is 17.0. The maximum absolute atomic E-state index is 12.2. The lowest BCUT2D eigenvalue weighted by molar-refractivity contribution is -0.151. The van der Waals surface area contributed by atoms with E-state index in [1.807, 2.05) is 20.8 Å². The molecule has 3 atom stereocenters. The highest BCUT2D eigenvalue weighted by molar-refractivity contribution is 5.81. The molecule has 3 unspecified atom stereocenters. The molecule has 5 heteroatoms. The van der Waals surface area contributed by atoms with Gasteiger partial charge in [0.25, 0.3) is 0 Å². The Morgan fingerprint density at radius 2 is 2.00 bits per heavy atom. The van der Waals surface area contributed by atoms with Crippen molar-refractivity contribution in [2.75, 3.05) is 6.54 Å². The van der Waals surface area contributed by atoms with E-state index in [1.165, 1.54) is 0 Å². The summed E-state index contributed by atoms with van der Waals surface area (Å²) in [4.78, 5) is 23.9. The van der Waals surface area contributed by atoms with Crippen LogP contribution in [0.1, 0.15) is 53.4 Å². The third-order valence-corrected chi connectivity index (χ3v) is 3.91. The van der Waals surface area contributed by atoms with E-state index in [4.69, 9.17) is 10.5 Å². The minimum Gasteiger partial charge on any atom is -0.463 e. The fourth-order valence-electron chi connectivity index (χ4n) is 2.60. The molecule has 1 fully saturated rings. The van der Waals surface area contributed by atoms with Crippen molar-refractivity contribution in [1.82, 2.24) is 5.32 Å². The molecule has 1 rings (SSSR count). The Balaban J connectivity index is 2.44. The van der Waals surface area contributed by atoms with Gasteiger partial charge in [0.2, 0.25) is 5.91 Å². The second-order valence-electron chi connectivity index (χ2n) is 6.44. The van der Waals surface area contributed by atoms with Crippen LogP contribution in [0.5, 0.6) is 0 Å². The van der Waals surface area contributed by atoms with Gasteiger partial charge in [-0.2, -0.15) is 0 Å². The molecule has 1 amide bonds. The van der Waals surface area contributed by atoms with Gasteiger partial charge >= 0.3 is 5.97 Å². The average Bonchev–Trinajstić information content (AvgIpc) is 2.34. The Kier molecular flexibility index (Phi) is 5.99. The third-order valence-electron chi connectivity index (χ3n) is 3.91. The topological polar surface area (TPSA) is 81.4 Å². The Labute approximate surface area is 121 Å². The molecule has 0 spiro atoms. The number of nitrogens with one attached hydrogen (secondary N) is 1. The molecule has 0 heterocycles. The lowest BCUT2D eigenvalue weighted by atomic mass is 9.74. The van der Waals surface area contributed by atoms with E-state index in [2.05, 4.69) is 5.32 Å². The Hall–Kier alpha value is -1.10. The average molecular weight is 284 g/mol. The lowest BCUT2D eigenvalue weighted by Gasteiger charge is -2.37. The predicted octanol–water partition coefficient (Wildman–Crippen LogP) is 1.60. The molecule has 0 aromatic carbocycles. The first-order chi connectivity index (χ1) is 9.24. The molecular formula is C15H28N2O3. The molecule has 3 N–H and O–H groups in total. The van der Waals surface area contributed by atoms with Crippen LogP contribution in [0.2, 0.25) is 0 Å². The highest BCUT2D eigenvalue weighted by Gasteiger charge is 2.37. The zero-order valence-corrected chi connectivity index (χ0v) is 13.1. The van der Waals surface area contributed by atoms with Gasteiger partial charge in [-0.15, -0.1) is 0 Å². The van der Waals surface area contributed by atoms with Crippen molar-refractivity contribution in [1.29, 1.82) is 0 Å². The molecule has 1 aliphatic rings. The van der Waals surface area contributed by atoms with E-state index in [9.17, 15) is 9.59 Å². The first-order valence-corrected chi connectivity index (χ1v) is 7.51. The van der Waals surface area contributed by atoms with Crippen molar-refractivity contribution in [2.45, 2.75) is 65.0 Å². The second kappa shape index (κ2) is 7.07. The van der Waals surface area contributed by atoms with Crippen molar-refractivity contribution < 1.29 is 14.3 Å². The molecule has 0 aromatic rings. The molecular weight excluding hydrogens is 256 g/mol. The number of carbonyl (C=O) groups is 2. The normalized spacial score (nSPS) is 28.0. The fourth-order valence-corrected chi connectivity index (χ4v) is 2.60. The van der Waals surface area contributed by atoms with Crippen LogP contribution in [0.4, 0.5) is 0 Å². The summed E-state index contributed by atoms with van der Waals surface area (Å²) in [5.74, 6) is -0.822. The summed E-state index contributed by atoms with van der Waals surface area (Å²) in [5, 5.41) is 2.84. The minimum absolute atomic E-state index is 0.0427. The van der Waals surface area contributed by atoms with Crippen molar-refractivity contribution in [3.8, 4) is 0 Å². The first-order valence-electron chi connectivity index (χ1n) is 7.51. The zero-order chi connectivity index (χ0) is 15.3. The van der Waals surface area contributed by atoms with Crippen molar-refractivity contribution >= 4 is 11.9 Å². The van der Waals surface area contributed by atoms with Crippen LogP contribution in [0.3, 0.4) is 0 Å². The summed E-state index contributed by atoms with van der Waals surface area (Å²) >= 11 is 0. The van der Waals surface area contributed by atoms with Gasteiger partial charge in [0.05, 0.1) is 17.9 Å². The van der Waals surface area contributed by atoms with Gasteiger partial charge in [-0.3, -0.25) is 9.59 Å². The lowest BCUT2D eigenvalue weighted by Crippen LogP contribution is -2.53. The van der Waals surface area contributed by atoms with Crippen LogP contribution in [-0.4, -0.2) is 30.1 Å². The summed E-state index contributed by atoms with van der Waals surface area (Å²) in [6.45, 7) is 7.62. The number of hydrogen-bond acceptors (Lipinski definition) is 4. The number of nitrogens with two attached hydrogens (primary N) is 1. The highest BCUT2D eigenvalue weighted by atomic mass is 16.5. The Bertz CT molecular complexity index is 353. The zero-order valence-electron chi connectivity index (χ0n) is 13.1. The smallest absolute Gasteiger partial charge is 0.310 e. The van der Waals surface area contributed by atoms with Crippen LogP contribution in [0.25, 0.3) is 0 Å². The van der Waals surface area contributed by atoms with Gasteiger partial charge < -0.3 is 15.8 Å². The largest absolute Gasteiger partial charge is 0.463 e. The maximum atomic E-state index is 12.2. The number of ether oxygens (including phenoxy) is 1. The van der Waals surface area contributed by atoms with E-state index >= 15 is 0 Å². The number of esters is 1. The van der Waals surface area contributed by atoms with E-state index in [0.29, 0.717) is 6.54 Å². The van der Waals surface area contributed by atoms with Crippen LogP contribution in [0, 0.1) is 11.8 Å². The van der Waals surface area contributed by atoms with E-state index in [-0.39, 0.29) is 29.8 Å². The molecule has 0 saturated heterocycles. The SMILES string of the molecule is CC(C)OC(=O)C(C)CNC(=O)C1CCCCC1(C)N.